The van der Waals surface area contributed by atoms with Gasteiger partial charge in [0.05, 0.1) is 11.2 Å². The van der Waals surface area contributed by atoms with Crippen molar-refractivity contribution in [2.45, 2.75) is 45.1 Å². The van der Waals surface area contributed by atoms with Crippen molar-refractivity contribution in [2.24, 2.45) is 0 Å². The molecule has 0 amide bonds. The van der Waals surface area contributed by atoms with Gasteiger partial charge < -0.3 is 14.5 Å². The molecule has 2 aliphatic heterocycles. The van der Waals surface area contributed by atoms with Crippen molar-refractivity contribution in [1.29, 1.82) is 0 Å². The first-order valence-electron chi connectivity index (χ1n) is 7.27. The maximum absolute atomic E-state index is 6.06. The van der Waals surface area contributed by atoms with E-state index in [1.165, 1.54) is 11.3 Å². The second-order valence-electron chi connectivity index (χ2n) is 6.62. The Labute approximate surface area is 122 Å². The number of nitrogens with one attached hydrogen (secondary N) is 1. The van der Waals surface area contributed by atoms with Gasteiger partial charge in [0.25, 0.3) is 6.85 Å². The Hall–Kier alpha value is -1.19. The molecular weight excluding hydrogens is 248 g/mol. The number of hydrogen-bond acceptors (Lipinski definition) is 3. The first-order valence-corrected chi connectivity index (χ1v) is 7.27. The maximum atomic E-state index is 6.06. The van der Waals surface area contributed by atoms with E-state index in [9.17, 15) is 0 Å². The summed E-state index contributed by atoms with van der Waals surface area (Å²) >= 11 is 0. The van der Waals surface area contributed by atoms with Crippen molar-refractivity contribution in [3.05, 3.63) is 35.8 Å². The maximum Gasteiger partial charge on any atom is 0.452 e. The molecule has 3 rings (SSSR count). The van der Waals surface area contributed by atoms with Crippen LogP contribution >= 0.6 is 0 Å². The van der Waals surface area contributed by atoms with Crippen molar-refractivity contribution in [1.82, 2.24) is 0 Å². The summed E-state index contributed by atoms with van der Waals surface area (Å²) in [6, 6.07) is 8.33. The molecule has 0 bridgehead atoms. The van der Waals surface area contributed by atoms with Crippen molar-refractivity contribution >= 4 is 25.7 Å². The summed E-state index contributed by atoms with van der Waals surface area (Å²) < 4.78 is 12.1. The minimum absolute atomic E-state index is 0.160. The van der Waals surface area contributed by atoms with Crippen LogP contribution in [0.25, 0.3) is 6.08 Å². The fourth-order valence-corrected chi connectivity index (χ4v) is 2.65. The summed E-state index contributed by atoms with van der Waals surface area (Å²) in [5.74, 6) is 2.19. The quantitative estimate of drug-likeness (QED) is 0.835. The normalized spacial score (nSPS) is 22.6. The molecule has 0 radical (unpaired) electrons. The van der Waals surface area contributed by atoms with Crippen LogP contribution in [0.5, 0.6) is 0 Å². The van der Waals surface area contributed by atoms with Gasteiger partial charge in [-0.25, -0.2) is 0 Å². The largest absolute Gasteiger partial charge is 0.452 e. The zero-order valence-electron chi connectivity index (χ0n) is 12.6. The van der Waals surface area contributed by atoms with Crippen LogP contribution in [0.4, 0.5) is 5.69 Å². The predicted molar refractivity (Wildman–Crippen MR) is 85.7 cm³/mol. The molecule has 5 heteroatoms. The second kappa shape index (κ2) is 4.67. The Morgan fingerprint density at radius 2 is 1.70 bits per heavy atom. The van der Waals surface area contributed by atoms with E-state index in [1.54, 1.807) is 0 Å². The fourth-order valence-electron chi connectivity index (χ4n) is 2.65. The number of rotatable bonds is 2. The standard InChI is InChI=1S/C15H21B2NO2/c1-14(2)15(3,4)20-17(19-14)11-16-10-9-12-7-5-6-8-13(12)18-16/h5-10,18H,11H2,1-4H3. The molecule has 104 valence electrons. The third kappa shape index (κ3) is 2.40. The van der Waals surface area contributed by atoms with Crippen LogP contribution in [-0.2, 0) is 9.31 Å². The lowest BCUT2D eigenvalue weighted by Gasteiger charge is -2.32. The lowest BCUT2D eigenvalue weighted by molar-refractivity contribution is 0.00578. The average molecular weight is 269 g/mol. The van der Waals surface area contributed by atoms with Gasteiger partial charge in [0.15, 0.2) is 0 Å². The smallest absolute Gasteiger partial charge is 0.424 e. The summed E-state index contributed by atoms with van der Waals surface area (Å²) in [6.45, 7) is 8.61. The molecule has 20 heavy (non-hydrogen) atoms. The molecule has 1 saturated heterocycles. The average Bonchev–Trinajstić information content (AvgIpc) is 2.57. The molecule has 0 saturated carbocycles. The fraction of sp³-hybridized carbons (Fsp3) is 0.467. The highest BCUT2D eigenvalue weighted by molar-refractivity contribution is 6.79. The molecule has 1 aromatic carbocycles. The SMILES string of the molecule is CC1(C)OB(CB2C=Cc3ccccc3N2)OC1(C)C. The molecule has 0 unspecified atom stereocenters. The topological polar surface area (TPSA) is 30.5 Å². The molecule has 0 spiro atoms. The Kier molecular flexibility index (Phi) is 3.22. The Balaban J connectivity index is 1.67. The van der Waals surface area contributed by atoms with Crippen LogP contribution in [0, 0.1) is 0 Å². The molecule has 0 atom stereocenters. The van der Waals surface area contributed by atoms with E-state index in [0.717, 1.165) is 6.22 Å². The third-order valence-electron chi connectivity index (χ3n) is 4.56. The van der Waals surface area contributed by atoms with Crippen LogP contribution in [-0.4, -0.2) is 25.2 Å². The molecular formula is C15H21B2NO2. The molecule has 0 aliphatic carbocycles. The van der Waals surface area contributed by atoms with Crippen molar-refractivity contribution < 1.29 is 9.31 Å². The number of fused-ring (bicyclic) bond motifs is 1. The predicted octanol–water partition coefficient (Wildman–Crippen LogP) is 3.29. The van der Waals surface area contributed by atoms with E-state index in [4.69, 9.17) is 9.31 Å². The Morgan fingerprint density at radius 1 is 1.05 bits per heavy atom. The van der Waals surface area contributed by atoms with Crippen molar-refractivity contribution in [2.75, 3.05) is 5.23 Å². The third-order valence-corrected chi connectivity index (χ3v) is 4.56. The van der Waals surface area contributed by atoms with Gasteiger partial charge in [0.2, 0.25) is 0 Å². The van der Waals surface area contributed by atoms with Gasteiger partial charge in [-0.05, 0) is 45.5 Å². The number of benzene rings is 1. The van der Waals surface area contributed by atoms with Gasteiger partial charge >= 0.3 is 7.12 Å². The van der Waals surface area contributed by atoms with Gasteiger partial charge in [0.1, 0.15) is 0 Å². The lowest BCUT2D eigenvalue weighted by atomic mass is 9.47. The highest BCUT2D eigenvalue weighted by atomic mass is 16.7. The molecule has 0 aromatic heterocycles. The van der Waals surface area contributed by atoms with E-state index in [0.29, 0.717) is 0 Å². The van der Waals surface area contributed by atoms with Gasteiger partial charge in [-0.1, -0.05) is 30.3 Å². The van der Waals surface area contributed by atoms with Crippen molar-refractivity contribution in [3.8, 4) is 0 Å². The molecule has 2 aliphatic rings. The highest BCUT2D eigenvalue weighted by Gasteiger charge is 2.51. The van der Waals surface area contributed by atoms with Crippen LogP contribution in [0.1, 0.15) is 33.3 Å². The Bertz CT molecular complexity index is 526. The minimum atomic E-state index is -0.256. The molecule has 3 nitrogen and oxygen atoms in total. The van der Waals surface area contributed by atoms with Gasteiger partial charge in [-0.2, -0.15) is 0 Å². The van der Waals surface area contributed by atoms with E-state index < -0.39 is 0 Å². The zero-order valence-corrected chi connectivity index (χ0v) is 12.6. The summed E-state index contributed by atoms with van der Waals surface area (Å²) in [6.07, 6.45) is 2.99. The number of anilines is 1. The van der Waals surface area contributed by atoms with Crippen molar-refractivity contribution in [3.63, 3.8) is 0 Å². The monoisotopic (exact) mass is 269 g/mol. The minimum Gasteiger partial charge on any atom is -0.424 e. The molecule has 1 N–H and O–H groups in total. The van der Waals surface area contributed by atoms with Gasteiger partial charge in [-0.15, -0.1) is 0 Å². The molecule has 1 aromatic rings. The van der Waals surface area contributed by atoms with E-state index >= 15 is 0 Å². The molecule has 1 fully saturated rings. The summed E-state index contributed by atoms with van der Waals surface area (Å²) in [5.41, 5.74) is 1.90. The number of hydrogen-bond donors (Lipinski definition) is 1. The van der Waals surface area contributed by atoms with Crippen LogP contribution in [0.2, 0.25) is 6.22 Å². The van der Waals surface area contributed by atoms with Crippen LogP contribution < -0.4 is 5.23 Å². The van der Waals surface area contributed by atoms with Gasteiger partial charge in [0, 0.05) is 5.69 Å². The summed E-state index contributed by atoms with van der Waals surface area (Å²) in [5, 5.41) is 3.53. The highest BCUT2D eigenvalue weighted by Crippen LogP contribution is 2.38. The second-order valence-corrected chi connectivity index (χ2v) is 6.62. The van der Waals surface area contributed by atoms with E-state index in [1.807, 2.05) is 0 Å². The van der Waals surface area contributed by atoms with Crippen LogP contribution in [0.3, 0.4) is 0 Å². The number of para-hydroxylation sites is 1. The first kappa shape index (κ1) is 13.8. The van der Waals surface area contributed by atoms with E-state index in [-0.39, 0.29) is 25.2 Å². The van der Waals surface area contributed by atoms with E-state index in [2.05, 4.69) is 69.2 Å². The zero-order chi connectivity index (χ0) is 14.4. The van der Waals surface area contributed by atoms with Crippen LogP contribution in [0.15, 0.2) is 30.2 Å². The summed E-state index contributed by atoms with van der Waals surface area (Å²) in [4.78, 5) is 0. The summed E-state index contributed by atoms with van der Waals surface area (Å²) in [7, 11) is -0.160. The Morgan fingerprint density at radius 3 is 2.40 bits per heavy atom. The molecule has 2 heterocycles. The van der Waals surface area contributed by atoms with Gasteiger partial charge in [-0.3, -0.25) is 0 Å². The first-order chi connectivity index (χ1) is 9.37. The lowest BCUT2D eigenvalue weighted by Crippen LogP contribution is -2.41.